The Balaban J connectivity index is 1.92. The first kappa shape index (κ1) is 16.3. The number of amides is 2. The zero-order chi connectivity index (χ0) is 16.2. The molecule has 0 aromatic heterocycles. The molecule has 1 N–H and O–H groups in total. The molecular formula is C17H24N2O3. The summed E-state index contributed by atoms with van der Waals surface area (Å²) in [5, 5.41) is 2.86. The van der Waals surface area contributed by atoms with E-state index >= 15 is 0 Å². The van der Waals surface area contributed by atoms with Gasteiger partial charge in [0.1, 0.15) is 5.60 Å². The Morgan fingerprint density at radius 3 is 2.55 bits per heavy atom. The van der Waals surface area contributed by atoms with Crippen LogP contribution >= 0.6 is 0 Å². The molecule has 1 aliphatic heterocycles. The molecule has 5 heteroatoms. The van der Waals surface area contributed by atoms with Crippen LogP contribution in [0.2, 0.25) is 0 Å². The summed E-state index contributed by atoms with van der Waals surface area (Å²) in [4.78, 5) is 26.1. The maximum Gasteiger partial charge on any atom is 0.407 e. The number of piperidine rings is 1. The summed E-state index contributed by atoms with van der Waals surface area (Å²) in [6, 6.07) is 9.16. The second-order valence-corrected chi connectivity index (χ2v) is 6.60. The van der Waals surface area contributed by atoms with Gasteiger partial charge >= 0.3 is 6.09 Å². The lowest BCUT2D eigenvalue weighted by Gasteiger charge is -2.33. The first-order valence-electron chi connectivity index (χ1n) is 7.69. The molecule has 2 rings (SSSR count). The Hall–Kier alpha value is -2.04. The van der Waals surface area contributed by atoms with Crippen LogP contribution in [0.1, 0.15) is 44.0 Å². The zero-order valence-electron chi connectivity index (χ0n) is 13.5. The molecule has 1 aromatic carbocycles. The molecule has 0 radical (unpaired) electrons. The number of rotatable bonds is 2. The molecule has 22 heavy (non-hydrogen) atoms. The highest BCUT2D eigenvalue weighted by Gasteiger charge is 2.27. The number of hydrogen-bond acceptors (Lipinski definition) is 3. The molecule has 0 bridgehead atoms. The zero-order valence-corrected chi connectivity index (χ0v) is 13.5. The lowest BCUT2D eigenvalue weighted by Crippen LogP contribution is -2.50. The van der Waals surface area contributed by atoms with E-state index in [1.807, 2.05) is 51.1 Å². The quantitative estimate of drug-likeness (QED) is 0.914. The van der Waals surface area contributed by atoms with Crippen molar-refractivity contribution in [2.75, 3.05) is 13.1 Å². The monoisotopic (exact) mass is 304 g/mol. The minimum Gasteiger partial charge on any atom is -0.444 e. The highest BCUT2D eigenvalue weighted by molar-refractivity contribution is 5.94. The SMILES string of the molecule is CC(C)(C)OC(=O)N[C@H]1CCCN(C(=O)c2ccccc2)C1. The van der Waals surface area contributed by atoms with Crippen molar-refractivity contribution in [2.24, 2.45) is 0 Å². The number of carbonyl (C=O) groups excluding carboxylic acids is 2. The van der Waals surface area contributed by atoms with Crippen molar-refractivity contribution < 1.29 is 14.3 Å². The molecule has 0 spiro atoms. The van der Waals surface area contributed by atoms with E-state index in [0.29, 0.717) is 12.1 Å². The summed E-state index contributed by atoms with van der Waals surface area (Å²) in [6.07, 6.45) is 1.31. The molecule has 0 unspecified atom stereocenters. The molecule has 120 valence electrons. The van der Waals surface area contributed by atoms with Gasteiger partial charge in [-0.15, -0.1) is 0 Å². The van der Waals surface area contributed by atoms with Gasteiger partial charge in [-0.2, -0.15) is 0 Å². The van der Waals surface area contributed by atoms with E-state index in [9.17, 15) is 9.59 Å². The van der Waals surface area contributed by atoms with Gasteiger partial charge in [0.05, 0.1) is 0 Å². The molecule has 5 nitrogen and oxygen atoms in total. The highest BCUT2D eigenvalue weighted by atomic mass is 16.6. The van der Waals surface area contributed by atoms with E-state index in [1.54, 1.807) is 4.90 Å². The molecule has 0 saturated carbocycles. The lowest BCUT2D eigenvalue weighted by molar-refractivity contribution is 0.0452. The molecule has 2 amide bonds. The van der Waals surface area contributed by atoms with E-state index in [2.05, 4.69) is 5.32 Å². The predicted octanol–water partition coefficient (Wildman–Crippen LogP) is 2.82. The van der Waals surface area contributed by atoms with Gasteiger partial charge in [0.15, 0.2) is 0 Å². The van der Waals surface area contributed by atoms with Crippen LogP contribution in [0.15, 0.2) is 30.3 Å². The van der Waals surface area contributed by atoms with Crippen molar-refractivity contribution in [2.45, 2.75) is 45.3 Å². The Bertz CT molecular complexity index is 522. The fraction of sp³-hybridized carbons (Fsp3) is 0.529. The Morgan fingerprint density at radius 1 is 1.23 bits per heavy atom. The van der Waals surface area contributed by atoms with Crippen LogP contribution in [0.5, 0.6) is 0 Å². The third kappa shape index (κ3) is 4.76. The second-order valence-electron chi connectivity index (χ2n) is 6.60. The Morgan fingerprint density at radius 2 is 1.91 bits per heavy atom. The number of alkyl carbamates (subject to hydrolysis) is 1. The van der Waals surface area contributed by atoms with E-state index < -0.39 is 11.7 Å². The highest BCUT2D eigenvalue weighted by Crippen LogP contribution is 2.15. The number of nitrogens with zero attached hydrogens (tertiary/aromatic N) is 1. The van der Waals surface area contributed by atoms with E-state index in [1.165, 1.54) is 0 Å². The molecule has 1 fully saturated rings. The average molecular weight is 304 g/mol. The predicted molar refractivity (Wildman–Crippen MR) is 84.7 cm³/mol. The van der Waals surface area contributed by atoms with Crippen molar-refractivity contribution in [3.8, 4) is 0 Å². The number of ether oxygens (including phenoxy) is 1. The van der Waals surface area contributed by atoms with Gasteiger partial charge in [0, 0.05) is 24.7 Å². The topological polar surface area (TPSA) is 58.6 Å². The third-order valence-corrected chi connectivity index (χ3v) is 3.45. The molecule has 1 heterocycles. The number of hydrogen-bond donors (Lipinski definition) is 1. The van der Waals surface area contributed by atoms with Gasteiger partial charge in [-0.1, -0.05) is 18.2 Å². The Labute approximate surface area is 131 Å². The standard InChI is InChI=1S/C17H24N2O3/c1-17(2,3)22-16(21)18-14-10-7-11-19(12-14)15(20)13-8-5-4-6-9-13/h4-6,8-9,14H,7,10-12H2,1-3H3,(H,18,21)/t14-/m0/s1. The number of nitrogens with one attached hydrogen (secondary N) is 1. The molecule has 0 aliphatic carbocycles. The van der Waals surface area contributed by atoms with E-state index in [4.69, 9.17) is 4.74 Å². The van der Waals surface area contributed by atoms with Crippen LogP contribution in [0.25, 0.3) is 0 Å². The van der Waals surface area contributed by atoms with Crippen LogP contribution in [0.4, 0.5) is 4.79 Å². The van der Waals surface area contributed by atoms with Crippen LogP contribution in [0, 0.1) is 0 Å². The van der Waals surface area contributed by atoms with Crippen molar-refractivity contribution >= 4 is 12.0 Å². The van der Waals surface area contributed by atoms with Crippen molar-refractivity contribution in [1.82, 2.24) is 10.2 Å². The molecule has 1 saturated heterocycles. The van der Waals surface area contributed by atoms with Crippen LogP contribution in [-0.2, 0) is 4.74 Å². The summed E-state index contributed by atoms with van der Waals surface area (Å²) >= 11 is 0. The summed E-state index contributed by atoms with van der Waals surface area (Å²) in [6.45, 7) is 6.74. The number of benzene rings is 1. The third-order valence-electron chi connectivity index (χ3n) is 3.45. The van der Waals surface area contributed by atoms with Gasteiger partial charge in [0.2, 0.25) is 0 Å². The second kappa shape index (κ2) is 6.81. The maximum atomic E-state index is 12.4. The van der Waals surface area contributed by atoms with Gasteiger partial charge in [-0.05, 0) is 45.7 Å². The van der Waals surface area contributed by atoms with Gasteiger partial charge in [-0.3, -0.25) is 4.79 Å². The molecule has 1 aliphatic rings. The first-order chi connectivity index (χ1) is 10.3. The number of likely N-dealkylation sites (tertiary alicyclic amines) is 1. The van der Waals surface area contributed by atoms with Crippen LogP contribution < -0.4 is 5.32 Å². The van der Waals surface area contributed by atoms with E-state index in [-0.39, 0.29) is 11.9 Å². The summed E-state index contributed by atoms with van der Waals surface area (Å²) < 4.78 is 5.27. The largest absolute Gasteiger partial charge is 0.444 e. The molecular weight excluding hydrogens is 280 g/mol. The van der Waals surface area contributed by atoms with Gasteiger partial charge in [-0.25, -0.2) is 4.79 Å². The summed E-state index contributed by atoms with van der Waals surface area (Å²) in [7, 11) is 0. The summed E-state index contributed by atoms with van der Waals surface area (Å²) in [5.41, 5.74) is 0.165. The minimum atomic E-state index is -0.516. The van der Waals surface area contributed by atoms with Gasteiger partial charge < -0.3 is 15.0 Å². The van der Waals surface area contributed by atoms with Crippen molar-refractivity contribution in [3.05, 3.63) is 35.9 Å². The minimum absolute atomic E-state index is 0.0105. The normalized spacial score (nSPS) is 18.7. The van der Waals surface area contributed by atoms with Gasteiger partial charge in [0.25, 0.3) is 5.91 Å². The number of carbonyl (C=O) groups is 2. The first-order valence-corrected chi connectivity index (χ1v) is 7.69. The van der Waals surface area contributed by atoms with Crippen LogP contribution in [0.3, 0.4) is 0 Å². The fourth-order valence-corrected chi connectivity index (χ4v) is 2.52. The molecule has 1 atom stereocenters. The average Bonchev–Trinajstić information content (AvgIpc) is 2.45. The smallest absolute Gasteiger partial charge is 0.407 e. The van der Waals surface area contributed by atoms with E-state index in [0.717, 1.165) is 19.4 Å². The Kier molecular flexibility index (Phi) is 5.06. The summed E-state index contributed by atoms with van der Waals surface area (Å²) in [5.74, 6) is 0.0105. The maximum absolute atomic E-state index is 12.4. The van der Waals surface area contributed by atoms with Crippen LogP contribution in [-0.4, -0.2) is 41.6 Å². The van der Waals surface area contributed by atoms with Crippen molar-refractivity contribution in [1.29, 1.82) is 0 Å². The van der Waals surface area contributed by atoms with Crippen molar-refractivity contribution in [3.63, 3.8) is 0 Å². The fourth-order valence-electron chi connectivity index (χ4n) is 2.52. The molecule has 1 aromatic rings. The lowest BCUT2D eigenvalue weighted by atomic mass is 10.0.